The summed E-state index contributed by atoms with van der Waals surface area (Å²) in [5, 5.41) is 0. The molecular weight excluding hydrogens is 242 g/mol. The second-order valence-electron chi connectivity index (χ2n) is 8.10. The maximum absolute atomic E-state index is 4.56. The monoisotopic (exact) mass is 269 g/mol. The molecule has 1 aromatic heterocycles. The molecule has 108 valence electrons. The minimum atomic E-state index is 0.279. The van der Waals surface area contributed by atoms with Gasteiger partial charge in [0.05, 0.1) is 5.69 Å². The molecule has 2 aliphatic rings. The van der Waals surface area contributed by atoms with Crippen LogP contribution in [0.25, 0.3) is 5.57 Å². The van der Waals surface area contributed by atoms with Crippen LogP contribution in [0, 0.1) is 17.3 Å². The molecule has 20 heavy (non-hydrogen) atoms. The SMILES string of the molecule is C=C(CC(C)(C)C)c1cc(C2CC3CCC2C3)ccn1. The molecule has 0 aromatic carbocycles. The summed E-state index contributed by atoms with van der Waals surface area (Å²) in [6, 6.07) is 4.55. The minimum Gasteiger partial charge on any atom is -0.257 e. The van der Waals surface area contributed by atoms with Crippen LogP contribution in [-0.2, 0) is 0 Å². The van der Waals surface area contributed by atoms with Gasteiger partial charge < -0.3 is 0 Å². The molecule has 0 aliphatic heterocycles. The molecule has 0 spiro atoms. The maximum Gasteiger partial charge on any atom is 0.0658 e. The molecule has 2 saturated carbocycles. The van der Waals surface area contributed by atoms with Crippen molar-refractivity contribution in [3.8, 4) is 0 Å². The number of pyridine rings is 1. The summed E-state index contributed by atoms with van der Waals surface area (Å²) in [5.41, 5.74) is 4.08. The Labute approximate surface area is 123 Å². The average Bonchev–Trinajstić information content (AvgIpc) is 2.99. The van der Waals surface area contributed by atoms with E-state index in [0.717, 1.165) is 29.9 Å². The standard InChI is InChI=1S/C19H27N/c1-13(12-19(2,3)4)18-11-16(7-8-20-18)17-10-14-5-6-15(17)9-14/h7-8,11,14-15,17H,1,5-6,9-10,12H2,2-4H3. The van der Waals surface area contributed by atoms with Crippen LogP contribution in [0.5, 0.6) is 0 Å². The number of aromatic nitrogens is 1. The number of rotatable bonds is 3. The fourth-order valence-corrected chi connectivity index (χ4v) is 4.25. The van der Waals surface area contributed by atoms with Crippen LogP contribution in [0.15, 0.2) is 24.9 Å². The lowest BCUT2D eigenvalue weighted by atomic mass is 9.82. The molecule has 3 rings (SSSR count). The molecule has 3 atom stereocenters. The largest absolute Gasteiger partial charge is 0.257 e. The molecule has 1 heterocycles. The molecule has 1 nitrogen and oxygen atoms in total. The van der Waals surface area contributed by atoms with E-state index in [9.17, 15) is 0 Å². The van der Waals surface area contributed by atoms with E-state index >= 15 is 0 Å². The number of hydrogen-bond donors (Lipinski definition) is 0. The van der Waals surface area contributed by atoms with E-state index in [1.54, 1.807) is 0 Å². The number of fused-ring (bicyclic) bond motifs is 2. The Morgan fingerprint density at radius 1 is 1.30 bits per heavy atom. The Bertz CT molecular complexity index is 509. The van der Waals surface area contributed by atoms with Gasteiger partial charge in [-0.2, -0.15) is 0 Å². The van der Waals surface area contributed by atoms with Gasteiger partial charge in [-0.3, -0.25) is 4.98 Å². The van der Waals surface area contributed by atoms with Crippen molar-refractivity contribution in [2.45, 2.75) is 58.8 Å². The highest BCUT2D eigenvalue weighted by Crippen LogP contribution is 2.52. The predicted octanol–water partition coefficient (Wildman–Crippen LogP) is 5.43. The molecular formula is C19H27N. The van der Waals surface area contributed by atoms with Gasteiger partial charge in [-0.05, 0) is 72.1 Å². The van der Waals surface area contributed by atoms with Crippen molar-refractivity contribution in [1.82, 2.24) is 4.98 Å². The van der Waals surface area contributed by atoms with Crippen LogP contribution in [0.4, 0.5) is 0 Å². The zero-order chi connectivity index (χ0) is 14.3. The van der Waals surface area contributed by atoms with Crippen LogP contribution in [-0.4, -0.2) is 4.98 Å². The lowest BCUT2D eigenvalue weighted by Gasteiger charge is -2.23. The van der Waals surface area contributed by atoms with Gasteiger partial charge in [-0.1, -0.05) is 33.8 Å². The quantitative estimate of drug-likeness (QED) is 0.712. The molecule has 0 radical (unpaired) electrons. The van der Waals surface area contributed by atoms with E-state index in [1.807, 2.05) is 6.20 Å². The maximum atomic E-state index is 4.56. The zero-order valence-electron chi connectivity index (χ0n) is 13.2. The summed E-state index contributed by atoms with van der Waals surface area (Å²) in [6.07, 6.45) is 8.78. The summed E-state index contributed by atoms with van der Waals surface area (Å²) < 4.78 is 0. The van der Waals surface area contributed by atoms with Gasteiger partial charge in [0, 0.05) is 6.20 Å². The zero-order valence-corrected chi connectivity index (χ0v) is 13.2. The van der Waals surface area contributed by atoms with Crippen LogP contribution >= 0.6 is 0 Å². The number of hydrogen-bond acceptors (Lipinski definition) is 1. The van der Waals surface area contributed by atoms with E-state index in [-0.39, 0.29) is 5.41 Å². The smallest absolute Gasteiger partial charge is 0.0658 e. The Morgan fingerprint density at radius 2 is 2.10 bits per heavy atom. The third-order valence-corrected chi connectivity index (χ3v) is 5.06. The molecule has 0 saturated heterocycles. The molecule has 2 fully saturated rings. The van der Waals surface area contributed by atoms with Crippen molar-refractivity contribution < 1.29 is 0 Å². The molecule has 1 aromatic rings. The van der Waals surface area contributed by atoms with Crippen molar-refractivity contribution in [3.63, 3.8) is 0 Å². The number of nitrogens with zero attached hydrogens (tertiary/aromatic N) is 1. The minimum absolute atomic E-state index is 0.279. The van der Waals surface area contributed by atoms with Gasteiger partial charge >= 0.3 is 0 Å². The van der Waals surface area contributed by atoms with Crippen molar-refractivity contribution in [1.29, 1.82) is 0 Å². The number of allylic oxidation sites excluding steroid dienone is 1. The van der Waals surface area contributed by atoms with E-state index < -0.39 is 0 Å². The molecule has 0 amide bonds. The van der Waals surface area contributed by atoms with E-state index in [1.165, 1.54) is 36.8 Å². The predicted molar refractivity (Wildman–Crippen MR) is 85.5 cm³/mol. The lowest BCUT2D eigenvalue weighted by molar-refractivity contribution is 0.419. The van der Waals surface area contributed by atoms with Gasteiger partial charge in [0.2, 0.25) is 0 Å². The Hall–Kier alpha value is -1.11. The topological polar surface area (TPSA) is 12.9 Å². The summed E-state index contributed by atoms with van der Waals surface area (Å²) in [4.78, 5) is 4.56. The van der Waals surface area contributed by atoms with Crippen molar-refractivity contribution in [2.24, 2.45) is 17.3 Å². The third kappa shape index (κ3) is 2.82. The van der Waals surface area contributed by atoms with Crippen molar-refractivity contribution >= 4 is 5.57 Å². The van der Waals surface area contributed by atoms with Gasteiger partial charge in [-0.15, -0.1) is 0 Å². The van der Waals surface area contributed by atoms with E-state index in [4.69, 9.17) is 0 Å². The fraction of sp³-hybridized carbons (Fsp3) is 0.632. The second-order valence-corrected chi connectivity index (χ2v) is 8.10. The first-order chi connectivity index (χ1) is 9.42. The fourth-order valence-electron chi connectivity index (χ4n) is 4.25. The van der Waals surface area contributed by atoms with Gasteiger partial charge in [0.1, 0.15) is 0 Å². The highest BCUT2D eigenvalue weighted by atomic mass is 14.7. The second kappa shape index (κ2) is 5.02. The van der Waals surface area contributed by atoms with Crippen LogP contribution in [0.3, 0.4) is 0 Å². The normalized spacial score (nSPS) is 28.9. The molecule has 1 heteroatoms. The van der Waals surface area contributed by atoms with Crippen molar-refractivity contribution in [2.75, 3.05) is 0 Å². The summed E-state index contributed by atoms with van der Waals surface area (Å²) in [5.74, 6) is 2.73. The highest BCUT2D eigenvalue weighted by Gasteiger charge is 2.40. The van der Waals surface area contributed by atoms with Crippen LogP contribution in [0.2, 0.25) is 0 Å². The summed E-state index contributed by atoms with van der Waals surface area (Å²) in [6.45, 7) is 11.0. The summed E-state index contributed by atoms with van der Waals surface area (Å²) >= 11 is 0. The molecule has 2 aliphatic carbocycles. The average molecular weight is 269 g/mol. The Balaban J connectivity index is 1.78. The molecule has 0 N–H and O–H groups in total. The van der Waals surface area contributed by atoms with E-state index in [0.29, 0.717) is 0 Å². The van der Waals surface area contributed by atoms with E-state index in [2.05, 4.69) is 44.5 Å². The Morgan fingerprint density at radius 3 is 2.70 bits per heavy atom. The van der Waals surface area contributed by atoms with Gasteiger partial charge in [0.25, 0.3) is 0 Å². The van der Waals surface area contributed by atoms with Gasteiger partial charge in [-0.25, -0.2) is 0 Å². The van der Waals surface area contributed by atoms with Crippen LogP contribution in [0.1, 0.15) is 70.1 Å². The third-order valence-electron chi connectivity index (χ3n) is 5.06. The molecule has 2 bridgehead atoms. The van der Waals surface area contributed by atoms with Gasteiger partial charge in [0.15, 0.2) is 0 Å². The molecule has 3 unspecified atom stereocenters. The lowest BCUT2D eigenvalue weighted by Crippen LogP contribution is -2.10. The first-order valence-corrected chi connectivity index (χ1v) is 8.06. The van der Waals surface area contributed by atoms with Crippen molar-refractivity contribution in [3.05, 3.63) is 36.2 Å². The first-order valence-electron chi connectivity index (χ1n) is 8.06. The van der Waals surface area contributed by atoms with Crippen LogP contribution < -0.4 is 0 Å². The highest BCUT2D eigenvalue weighted by molar-refractivity contribution is 5.61. The Kier molecular flexibility index (Phi) is 3.48. The summed E-state index contributed by atoms with van der Waals surface area (Å²) in [7, 11) is 0. The first kappa shape index (κ1) is 13.9.